The molecular formula is C13H16BrN3O3. The molecule has 20 heavy (non-hydrogen) atoms. The van der Waals surface area contributed by atoms with E-state index < -0.39 is 6.04 Å². The highest BCUT2D eigenvalue weighted by atomic mass is 79.9. The molecule has 1 saturated heterocycles. The number of urea groups is 1. The molecule has 0 radical (unpaired) electrons. The zero-order valence-corrected chi connectivity index (χ0v) is 12.8. The van der Waals surface area contributed by atoms with Gasteiger partial charge in [0, 0.05) is 6.54 Å². The summed E-state index contributed by atoms with van der Waals surface area (Å²) in [7, 11) is 1.60. The van der Waals surface area contributed by atoms with Crippen molar-refractivity contribution >= 4 is 27.9 Å². The van der Waals surface area contributed by atoms with Crippen LogP contribution in [-0.4, -0.2) is 31.6 Å². The van der Waals surface area contributed by atoms with Crippen LogP contribution in [0.15, 0.2) is 22.7 Å². The fraction of sp³-hybridized carbons (Fsp3) is 0.385. The standard InChI is InChI=1S/C13H16BrN3O3/c1-7(8-3-4-11(20-2)9(14)5-8)16-12(18)10-6-15-13(19)17-10/h3-5,7,10H,6H2,1-2H3,(H,16,18)(H2,15,17,19). The Morgan fingerprint density at radius 1 is 1.55 bits per heavy atom. The number of halogens is 1. The fourth-order valence-electron chi connectivity index (χ4n) is 1.96. The number of rotatable bonds is 4. The predicted octanol–water partition coefficient (Wildman–Crippen LogP) is 1.32. The van der Waals surface area contributed by atoms with Crippen molar-refractivity contribution in [2.75, 3.05) is 13.7 Å². The van der Waals surface area contributed by atoms with Gasteiger partial charge < -0.3 is 20.7 Å². The van der Waals surface area contributed by atoms with Crippen molar-refractivity contribution in [3.05, 3.63) is 28.2 Å². The highest BCUT2D eigenvalue weighted by Gasteiger charge is 2.27. The lowest BCUT2D eigenvalue weighted by Crippen LogP contribution is -2.43. The van der Waals surface area contributed by atoms with Gasteiger partial charge in [-0.2, -0.15) is 0 Å². The number of ether oxygens (including phenoxy) is 1. The molecule has 0 bridgehead atoms. The van der Waals surface area contributed by atoms with Crippen LogP contribution in [0.2, 0.25) is 0 Å². The number of hydrogen-bond acceptors (Lipinski definition) is 3. The molecule has 1 heterocycles. The summed E-state index contributed by atoms with van der Waals surface area (Å²) in [6, 6.07) is 4.62. The second-order valence-corrected chi connectivity index (χ2v) is 5.39. The van der Waals surface area contributed by atoms with E-state index in [1.165, 1.54) is 0 Å². The average molecular weight is 342 g/mol. The summed E-state index contributed by atoms with van der Waals surface area (Å²) in [5, 5.41) is 7.97. The highest BCUT2D eigenvalue weighted by molar-refractivity contribution is 9.10. The van der Waals surface area contributed by atoms with Crippen LogP contribution in [0, 0.1) is 0 Å². The summed E-state index contributed by atoms with van der Waals surface area (Å²) < 4.78 is 5.99. The van der Waals surface area contributed by atoms with Crippen molar-refractivity contribution in [3.8, 4) is 5.75 Å². The van der Waals surface area contributed by atoms with E-state index in [9.17, 15) is 9.59 Å². The Bertz CT molecular complexity index is 536. The lowest BCUT2D eigenvalue weighted by atomic mass is 10.1. The Kier molecular flexibility index (Phi) is 4.49. The van der Waals surface area contributed by atoms with Gasteiger partial charge in [0.05, 0.1) is 17.6 Å². The smallest absolute Gasteiger partial charge is 0.315 e. The molecule has 3 amide bonds. The molecule has 0 spiro atoms. The maximum atomic E-state index is 12.0. The average Bonchev–Trinajstić information content (AvgIpc) is 2.85. The van der Waals surface area contributed by atoms with E-state index in [1.807, 2.05) is 25.1 Å². The molecule has 1 aliphatic heterocycles. The molecule has 2 rings (SSSR count). The van der Waals surface area contributed by atoms with Crippen LogP contribution in [0.1, 0.15) is 18.5 Å². The molecular weight excluding hydrogens is 326 g/mol. The second-order valence-electron chi connectivity index (χ2n) is 4.53. The Labute approximate surface area is 125 Å². The summed E-state index contributed by atoms with van der Waals surface area (Å²) in [5.74, 6) is 0.530. The summed E-state index contributed by atoms with van der Waals surface area (Å²) in [6.45, 7) is 2.19. The van der Waals surface area contributed by atoms with Gasteiger partial charge in [-0.3, -0.25) is 4.79 Å². The topological polar surface area (TPSA) is 79.5 Å². The fourth-order valence-corrected chi connectivity index (χ4v) is 2.52. The van der Waals surface area contributed by atoms with E-state index in [2.05, 4.69) is 31.9 Å². The third kappa shape index (κ3) is 3.22. The third-order valence-electron chi connectivity index (χ3n) is 3.12. The molecule has 7 heteroatoms. The maximum Gasteiger partial charge on any atom is 0.315 e. The number of nitrogens with one attached hydrogen (secondary N) is 3. The van der Waals surface area contributed by atoms with Crippen LogP contribution in [0.3, 0.4) is 0 Å². The van der Waals surface area contributed by atoms with Crippen LogP contribution in [-0.2, 0) is 4.79 Å². The first-order valence-corrected chi connectivity index (χ1v) is 6.98. The first-order valence-electron chi connectivity index (χ1n) is 6.19. The lowest BCUT2D eigenvalue weighted by Gasteiger charge is -2.17. The molecule has 0 aromatic heterocycles. The number of amides is 3. The zero-order chi connectivity index (χ0) is 14.7. The van der Waals surface area contributed by atoms with E-state index in [0.717, 1.165) is 15.8 Å². The van der Waals surface area contributed by atoms with Crippen molar-refractivity contribution < 1.29 is 14.3 Å². The number of hydrogen-bond donors (Lipinski definition) is 3. The molecule has 0 aliphatic carbocycles. The van der Waals surface area contributed by atoms with Gasteiger partial charge in [0.1, 0.15) is 11.8 Å². The van der Waals surface area contributed by atoms with Crippen LogP contribution < -0.4 is 20.7 Å². The normalized spacial score (nSPS) is 18.9. The molecule has 1 aliphatic rings. The van der Waals surface area contributed by atoms with Gasteiger partial charge in [0.2, 0.25) is 5.91 Å². The monoisotopic (exact) mass is 341 g/mol. The molecule has 108 valence electrons. The first kappa shape index (κ1) is 14.6. The summed E-state index contributed by atoms with van der Waals surface area (Å²) >= 11 is 3.41. The molecule has 6 nitrogen and oxygen atoms in total. The Hall–Kier alpha value is -1.76. The number of benzene rings is 1. The minimum absolute atomic E-state index is 0.165. The van der Waals surface area contributed by atoms with Crippen LogP contribution in [0.5, 0.6) is 5.75 Å². The second kappa shape index (κ2) is 6.13. The Balaban J connectivity index is 2.00. The van der Waals surface area contributed by atoms with Gasteiger partial charge >= 0.3 is 6.03 Å². The summed E-state index contributed by atoms with van der Waals surface area (Å²) in [4.78, 5) is 23.0. The third-order valence-corrected chi connectivity index (χ3v) is 3.74. The minimum Gasteiger partial charge on any atom is -0.496 e. The van der Waals surface area contributed by atoms with Gasteiger partial charge in [0.25, 0.3) is 0 Å². The van der Waals surface area contributed by atoms with Gasteiger partial charge in [0.15, 0.2) is 0 Å². The van der Waals surface area contributed by atoms with Crippen molar-refractivity contribution in [1.29, 1.82) is 0 Å². The summed E-state index contributed by atoms with van der Waals surface area (Å²) in [5.41, 5.74) is 0.948. The molecule has 2 unspecified atom stereocenters. The van der Waals surface area contributed by atoms with E-state index in [-0.39, 0.29) is 18.0 Å². The van der Waals surface area contributed by atoms with E-state index in [1.54, 1.807) is 7.11 Å². The van der Waals surface area contributed by atoms with E-state index in [4.69, 9.17) is 4.74 Å². The maximum absolute atomic E-state index is 12.0. The number of carbonyl (C=O) groups excluding carboxylic acids is 2. The van der Waals surface area contributed by atoms with Gasteiger partial charge in [-0.25, -0.2) is 4.79 Å². The van der Waals surface area contributed by atoms with Crippen molar-refractivity contribution in [1.82, 2.24) is 16.0 Å². The quantitative estimate of drug-likeness (QED) is 0.772. The Morgan fingerprint density at radius 2 is 2.30 bits per heavy atom. The predicted molar refractivity (Wildman–Crippen MR) is 77.6 cm³/mol. The SMILES string of the molecule is COc1ccc(C(C)NC(=O)C2CNC(=O)N2)cc1Br. The van der Waals surface area contributed by atoms with Crippen LogP contribution in [0.25, 0.3) is 0 Å². The molecule has 2 atom stereocenters. The van der Waals surface area contributed by atoms with Crippen LogP contribution >= 0.6 is 15.9 Å². The molecule has 1 aromatic carbocycles. The van der Waals surface area contributed by atoms with Crippen molar-refractivity contribution in [2.24, 2.45) is 0 Å². The number of carbonyl (C=O) groups is 2. The molecule has 0 saturated carbocycles. The first-order chi connectivity index (χ1) is 9.51. The zero-order valence-electron chi connectivity index (χ0n) is 11.2. The van der Waals surface area contributed by atoms with Gasteiger partial charge in [-0.1, -0.05) is 6.07 Å². The molecule has 1 fully saturated rings. The lowest BCUT2D eigenvalue weighted by molar-refractivity contribution is -0.123. The van der Waals surface area contributed by atoms with Gasteiger partial charge in [-0.05, 0) is 40.5 Å². The van der Waals surface area contributed by atoms with Crippen LogP contribution in [0.4, 0.5) is 4.79 Å². The molecule has 3 N–H and O–H groups in total. The highest BCUT2D eigenvalue weighted by Crippen LogP contribution is 2.27. The van der Waals surface area contributed by atoms with E-state index in [0.29, 0.717) is 6.54 Å². The largest absolute Gasteiger partial charge is 0.496 e. The minimum atomic E-state index is -0.522. The summed E-state index contributed by atoms with van der Waals surface area (Å²) in [6.07, 6.45) is 0. The number of methoxy groups -OCH3 is 1. The van der Waals surface area contributed by atoms with E-state index >= 15 is 0 Å². The van der Waals surface area contributed by atoms with Gasteiger partial charge in [-0.15, -0.1) is 0 Å². The molecule has 1 aromatic rings. The van der Waals surface area contributed by atoms with Crippen molar-refractivity contribution in [2.45, 2.75) is 19.0 Å². The Morgan fingerprint density at radius 3 is 2.85 bits per heavy atom. The van der Waals surface area contributed by atoms with Crippen molar-refractivity contribution in [3.63, 3.8) is 0 Å².